The van der Waals surface area contributed by atoms with Crippen LogP contribution in [0.2, 0.25) is 0 Å². The lowest BCUT2D eigenvalue weighted by atomic mass is 9.77. The van der Waals surface area contributed by atoms with E-state index in [1.165, 1.54) is 5.56 Å². The van der Waals surface area contributed by atoms with Gasteiger partial charge in [-0.15, -0.1) is 0 Å². The molecule has 116 valence electrons. The highest BCUT2D eigenvalue weighted by atomic mass is 79.9. The minimum atomic E-state index is -0.325. The van der Waals surface area contributed by atoms with Gasteiger partial charge in [0.1, 0.15) is 0 Å². The monoisotopic (exact) mass is 370 g/mol. The molecule has 0 saturated heterocycles. The van der Waals surface area contributed by atoms with Crippen LogP contribution < -0.4 is 5.32 Å². The maximum Gasteiger partial charge on any atom is 0.269 e. The summed E-state index contributed by atoms with van der Waals surface area (Å²) in [7, 11) is 0. The van der Waals surface area contributed by atoms with E-state index in [0.29, 0.717) is 5.92 Å². The normalized spacial score (nSPS) is 24.7. The predicted octanol–water partition coefficient (Wildman–Crippen LogP) is 5.18. The van der Waals surface area contributed by atoms with Crippen molar-refractivity contribution in [2.24, 2.45) is 5.92 Å². The van der Waals surface area contributed by atoms with E-state index < -0.39 is 0 Å². The van der Waals surface area contributed by atoms with Gasteiger partial charge in [0.2, 0.25) is 0 Å². The maximum atomic E-state index is 11.1. The third-order valence-corrected chi connectivity index (χ3v) is 5.26. The zero-order chi connectivity index (χ0) is 16.0. The molecule has 2 aromatic rings. The molecule has 0 amide bonds. The fourth-order valence-corrected chi connectivity index (χ4v) is 4.14. The van der Waals surface area contributed by atoms with Crippen LogP contribution in [0.25, 0.3) is 0 Å². The Kier molecular flexibility index (Phi) is 3.45. The Morgan fingerprint density at radius 2 is 2.09 bits per heavy atom. The molecule has 1 N–H and O–H groups in total. The second-order valence-electron chi connectivity index (χ2n) is 6.06. The zero-order valence-electron chi connectivity index (χ0n) is 12.3. The van der Waals surface area contributed by atoms with Gasteiger partial charge >= 0.3 is 0 Å². The Labute approximate surface area is 142 Å². The lowest BCUT2D eigenvalue weighted by Gasteiger charge is -2.37. The molecule has 2 aliphatic rings. The molecule has 0 spiro atoms. The number of nitrogens with one attached hydrogen (secondary N) is 1. The van der Waals surface area contributed by atoms with E-state index >= 15 is 0 Å². The lowest BCUT2D eigenvalue weighted by Crippen LogP contribution is -2.29. The van der Waals surface area contributed by atoms with Crippen LogP contribution in [0.5, 0.6) is 0 Å². The van der Waals surface area contributed by atoms with Crippen molar-refractivity contribution in [3.05, 3.63) is 80.3 Å². The number of anilines is 1. The number of allylic oxidation sites excluding steroid dienone is 2. The van der Waals surface area contributed by atoms with E-state index in [1.54, 1.807) is 12.1 Å². The summed E-state index contributed by atoms with van der Waals surface area (Å²) < 4.78 is 1.06. The number of nitro benzene ring substituents is 1. The smallest absolute Gasteiger partial charge is 0.269 e. The zero-order valence-corrected chi connectivity index (χ0v) is 13.9. The molecule has 0 bridgehead atoms. The number of hydrogen-bond acceptors (Lipinski definition) is 3. The molecule has 0 radical (unpaired) electrons. The number of hydrogen-bond donors (Lipinski definition) is 1. The Morgan fingerprint density at radius 1 is 1.22 bits per heavy atom. The van der Waals surface area contributed by atoms with Gasteiger partial charge in [-0.25, -0.2) is 0 Å². The van der Waals surface area contributed by atoms with E-state index in [0.717, 1.165) is 22.1 Å². The van der Waals surface area contributed by atoms with Crippen LogP contribution in [-0.4, -0.2) is 4.92 Å². The minimum Gasteiger partial charge on any atom is -0.378 e. The van der Waals surface area contributed by atoms with Crippen LogP contribution in [0.15, 0.2) is 59.1 Å². The molecule has 3 atom stereocenters. The maximum absolute atomic E-state index is 11.1. The van der Waals surface area contributed by atoms with Crippen molar-refractivity contribution in [2.45, 2.75) is 18.4 Å². The van der Waals surface area contributed by atoms with E-state index in [1.807, 2.05) is 18.2 Å². The Hall–Kier alpha value is -2.14. The average Bonchev–Trinajstić information content (AvgIpc) is 3.03. The summed E-state index contributed by atoms with van der Waals surface area (Å²) in [5.41, 5.74) is 3.42. The SMILES string of the molecule is O=[N+]([O-])c1ccc2c(c1)[C@@H]1C=CC[C@H]1[C@@H](c1cccc(Br)c1)N2. The van der Waals surface area contributed by atoms with Crippen molar-refractivity contribution in [1.29, 1.82) is 0 Å². The van der Waals surface area contributed by atoms with Gasteiger partial charge < -0.3 is 5.32 Å². The standard InChI is InChI=1S/C18H15BrN2O2/c19-12-4-1-3-11(9-12)18-15-6-2-5-14(15)16-10-13(21(22)23)7-8-17(16)20-18/h1-5,7-10,14-15,18,20H,6H2/t14-,15-,18-/m1/s1. The molecule has 4 rings (SSSR count). The third kappa shape index (κ3) is 2.45. The highest BCUT2D eigenvalue weighted by molar-refractivity contribution is 9.10. The van der Waals surface area contributed by atoms with Crippen molar-refractivity contribution < 1.29 is 4.92 Å². The first kappa shape index (κ1) is 14.5. The number of fused-ring (bicyclic) bond motifs is 3. The second kappa shape index (κ2) is 5.49. The summed E-state index contributed by atoms with van der Waals surface area (Å²) in [6.45, 7) is 0. The Morgan fingerprint density at radius 3 is 2.87 bits per heavy atom. The average molecular weight is 371 g/mol. The van der Waals surface area contributed by atoms with Crippen LogP contribution >= 0.6 is 15.9 Å². The van der Waals surface area contributed by atoms with Crippen LogP contribution in [0, 0.1) is 16.0 Å². The molecule has 0 aromatic heterocycles. The number of benzene rings is 2. The van der Waals surface area contributed by atoms with Crippen LogP contribution in [0.3, 0.4) is 0 Å². The topological polar surface area (TPSA) is 55.2 Å². The number of nitro groups is 1. The van der Waals surface area contributed by atoms with Gasteiger partial charge in [-0.2, -0.15) is 0 Å². The Balaban J connectivity index is 1.79. The second-order valence-corrected chi connectivity index (χ2v) is 6.97. The molecule has 1 heterocycles. The minimum absolute atomic E-state index is 0.158. The molecule has 4 nitrogen and oxygen atoms in total. The molecule has 0 fully saturated rings. The van der Waals surface area contributed by atoms with E-state index in [4.69, 9.17) is 0 Å². The van der Waals surface area contributed by atoms with Gasteiger partial charge in [0.05, 0.1) is 11.0 Å². The van der Waals surface area contributed by atoms with Crippen molar-refractivity contribution in [3.63, 3.8) is 0 Å². The first-order valence-electron chi connectivity index (χ1n) is 7.60. The predicted molar refractivity (Wildman–Crippen MR) is 93.6 cm³/mol. The highest BCUT2D eigenvalue weighted by Crippen LogP contribution is 2.50. The molecule has 2 aromatic carbocycles. The summed E-state index contributed by atoms with van der Waals surface area (Å²) in [6.07, 6.45) is 5.37. The molecule has 23 heavy (non-hydrogen) atoms. The van der Waals surface area contributed by atoms with Gasteiger partial charge in [0.25, 0.3) is 5.69 Å². The van der Waals surface area contributed by atoms with Crippen molar-refractivity contribution in [3.8, 4) is 0 Å². The Bertz CT molecular complexity index is 818. The van der Waals surface area contributed by atoms with Crippen molar-refractivity contribution in [1.82, 2.24) is 0 Å². The molecule has 5 heteroatoms. The first-order valence-corrected chi connectivity index (χ1v) is 8.40. The molecule has 0 unspecified atom stereocenters. The molecular weight excluding hydrogens is 356 g/mol. The highest BCUT2D eigenvalue weighted by Gasteiger charge is 2.38. The lowest BCUT2D eigenvalue weighted by molar-refractivity contribution is -0.384. The van der Waals surface area contributed by atoms with Crippen LogP contribution in [0.4, 0.5) is 11.4 Å². The first-order chi connectivity index (χ1) is 11.1. The van der Waals surface area contributed by atoms with Gasteiger partial charge in [0, 0.05) is 28.2 Å². The molecule has 1 aliphatic carbocycles. The summed E-state index contributed by atoms with van der Waals surface area (Å²) in [6, 6.07) is 13.7. The summed E-state index contributed by atoms with van der Waals surface area (Å²) in [5, 5.41) is 14.7. The molecular formula is C18H15BrN2O2. The van der Waals surface area contributed by atoms with Crippen LogP contribution in [-0.2, 0) is 0 Å². The van der Waals surface area contributed by atoms with E-state index in [2.05, 4.69) is 45.5 Å². The van der Waals surface area contributed by atoms with Gasteiger partial charge in [-0.3, -0.25) is 10.1 Å². The van der Waals surface area contributed by atoms with Crippen molar-refractivity contribution in [2.75, 3.05) is 5.32 Å². The van der Waals surface area contributed by atoms with Crippen molar-refractivity contribution >= 4 is 27.3 Å². The van der Waals surface area contributed by atoms with Crippen LogP contribution in [0.1, 0.15) is 29.5 Å². The van der Waals surface area contributed by atoms with E-state index in [9.17, 15) is 10.1 Å². The van der Waals surface area contributed by atoms with Gasteiger partial charge in [-0.05, 0) is 41.7 Å². The fraction of sp³-hybridized carbons (Fsp3) is 0.222. The quantitative estimate of drug-likeness (QED) is 0.449. The largest absolute Gasteiger partial charge is 0.378 e. The van der Waals surface area contributed by atoms with E-state index in [-0.39, 0.29) is 22.6 Å². The summed E-state index contributed by atoms with van der Waals surface area (Å²) in [5.74, 6) is 0.619. The number of non-ortho nitro benzene ring substituents is 1. The summed E-state index contributed by atoms with van der Waals surface area (Å²) >= 11 is 3.54. The van der Waals surface area contributed by atoms with Gasteiger partial charge in [-0.1, -0.05) is 40.2 Å². The van der Waals surface area contributed by atoms with Gasteiger partial charge in [0.15, 0.2) is 0 Å². The third-order valence-electron chi connectivity index (χ3n) is 4.76. The fourth-order valence-electron chi connectivity index (χ4n) is 3.73. The number of nitrogens with zero attached hydrogens (tertiary/aromatic N) is 1. The molecule has 0 saturated carbocycles. The summed E-state index contributed by atoms with van der Waals surface area (Å²) in [4.78, 5) is 10.7. The number of halogens is 1. The number of rotatable bonds is 2. The molecule has 1 aliphatic heterocycles.